The fourth-order valence-corrected chi connectivity index (χ4v) is 3.19. The summed E-state index contributed by atoms with van der Waals surface area (Å²) >= 11 is 0. The van der Waals surface area contributed by atoms with Gasteiger partial charge in [0.2, 0.25) is 5.89 Å². The Bertz CT molecular complexity index is 617. The first-order valence-corrected chi connectivity index (χ1v) is 7.41. The first kappa shape index (κ1) is 12.6. The molecule has 0 spiro atoms. The van der Waals surface area contributed by atoms with Crippen LogP contribution in [0, 0.1) is 0 Å². The number of phenols is 1. The number of hydrogen-bond donors (Lipinski definition) is 1. The summed E-state index contributed by atoms with van der Waals surface area (Å²) in [5, 5.41) is 17.7. The van der Waals surface area contributed by atoms with E-state index in [1.54, 1.807) is 24.3 Å². The quantitative estimate of drug-likeness (QED) is 0.907. The van der Waals surface area contributed by atoms with E-state index in [4.69, 9.17) is 4.42 Å². The first-order valence-electron chi connectivity index (χ1n) is 7.41. The molecular formula is C15H18N4O2. The van der Waals surface area contributed by atoms with Crippen LogP contribution in [0.5, 0.6) is 5.75 Å². The summed E-state index contributed by atoms with van der Waals surface area (Å²) in [4.78, 5) is 4.75. The van der Waals surface area contributed by atoms with E-state index in [2.05, 4.69) is 20.0 Å². The van der Waals surface area contributed by atoms with E-state index in [9.17, 15) is 5.11 Å². The van der Waals surface area contributed by atoms with Gasteiger partial charge in [-0.05, 0) is 37.1 Å². The summed E-state index contributed by atoms with van der Waals surface area (Å²) in [5.74, 6) is 0.737. The van der Waals surface area contributed by atoms with Crippen molar-refractivity contribution in [3.63, 3.8) is 0 Å². The zero-order valence-electron chi connectivity index (χ0n) is 11.8. The summed E-state index contributed by atoms with van der Waals surface area (Å²) < 4.78 is 5.86. The fourth-order valence-electron chi connectivity index (χ4n) is 3.19. The lowest BCUT2D eigenvalue weighted by Crippen LogP contribution is -2.38. The average Bonchev–Trinajstić information content (AvgIpc) is 2.81. The van der Waals surface area contributed by atoms with Gasteiger partial charge in [0, 0.05) is 37.8 Å². The average molecular weight is 286 g/mol. The van der Waals surface area contributed by atoms with Gasteiger partial charge in [0.25, 0.3) is 0 Å². The molecule has 21 heavy (non-hydrogen) atoms. The number of benzene rings is 1. The predicted molar refractivity (Wildman–Crippen MR) is 78.2 cm³/mol. The summed E-state index contributed by atoms with van der Waals surface area (Å²) in [6.07, 6.45) is 2.33. The SMILES string of the molecule is Oc1ccc(-c2nnc(N3CCN4CCC3CC4)o2)cc1. The maximum Gasteiger partial charge on any atom is 0.318 e. The van der Waals surface area contributed by atoms with E-state index < -0.39 is 0 Å². The van der Waals surface area contributed by atoms with Crippen molar-refractivity contribution < 1.29 is 9.52 Å². The zero-order valence-corrected chi connectivity index (χ0v) is 11.8. The van der Waals surface area contributed by atoms with Crippen LogP contribution < -0.4 is 4.90 Å². The molecule has 3 saturated heterocycles. The highest BCUT2D eigenvalue weighted by Gasteiger charge is 2.31. The normalized spacial score (nSPS) is 25.0. The predicted octanol–water partition coefficient (Wildman–Crippen LogP) is 1.73. The highest BCUT2D eigenvalue weighted by atomic mass is 16.4. The summed E-state index contributed by atoms with van der Waals surface area (Å²) in [6, 6.07) is 7.95. The molecular weight excluding hydrogens is 268 g/mol. The van der Waals surface area contributed by atoms with Crippen molar-refractivity contribution in [2.45, 2.75) is 18.9 Å². The molecule has 1 N–H and O–H groups in total. The van der Waals surface area contributed by atoms with Gasteiger partial charge in [-0.25, -0.2) is 0 Å². The third-order valence-electron chi connectivity index (χ3n) is 4.43. The Labute approximate surface area is 123 Å². The lowest BCUT2D eigenvalue weighted by molar-refractivity contribution is 0.249. The number of nitrogens with zero attached hydrogens (tertiary/aromatic N) is 4. The van der Waals surface area contributed by atoms with Gasteiger partial charge in [0.15, 0.2) is 0 Å². The molecule has 3 aliphatic heterocycles. The Morgan fingerprint density at radius 2 is 1.76 bits per heavy atom. The van der Waals surface area contributed by atoms with Crippen molar-refractivity contribution in [1.82, 2.24) is 15.1 Å². The Hall–Kier alpha value is -2.08. The third kappa shape index (κ3) is 2.35. The van der Waals surface area contributed by atoms with Gasteiger partial charge in [0.05, 0.1) is 0 Å². The Kier molecular flexibility index (Phi) is 3.03. The summed E-state index contributed by atoms with van der Waals surface area (Å²) in [5.41, 5.74) is 0.828. The lowest BCUT2D eigenvalue weighted by Gasteiger charge is -2.29. The second-order valence-corrected chi connectivity index (χ2v) is 5.70. The molecule has 2 aromatic rings. The van der Waals surface area contributed by atoms with Crippen molar-refractivity contribution in [2.75, 3.05) is 31.1 Å². The van der Waals surface area contributed by atoms with E-state index in [1.807, 2.05) is 0 Å². The number of aromatic nitrogens is 2. The lowest BCUT2D eigenvalue weighted by atomic mass is 10.1. The van der Waals surface area contributed by atoms with Crippen LogP contribution in [0.15, 0.2) is 28.7 Å². The Morgan fingerprint density at radius 3 is 2.52 bits per heavy atom. The molecule has 1 aromatic carbocycles. The molecule has 0 unspecified atom stereocenters. The molecule has 4 heterocycles. The molecule has 110 valence electrons. The van der Waals surface area contributed by atoms with Crippen molar-refractivity contribution in [2.24, 2.45) is 0 Å². The topological polar surface area (TPSA) is 65.6 Å². The molecule has 2 bridgehead atoms. The molecule has 6 nitrogen and oxygen atoms in total. The highest BCUT2D eigenvalue weighted by Crippen LogP contribution is 2.28. The summed E-state index contributed by atoms with van der Waals surface area (Å²) in [6.45, 7) is 4.34. The number of anilines is 1. The highest BCUT2D eigenvalue weighted by molar-refractivity contribution is 5.54. The van der Waals surface area contributed by atoms with Crippen molar-refractivity contribution in [3.8, 4) is 17.2 Å². The van der Waals surface area contributed by atoms with Gasteiger partial charge < -0.3 is 19.3 Å². The van der Waals surface area contributed by atoms with Crippen LogP contribution in [0.3, 0.4) is 0 Å². The minimum Gasteiger partial charge on any atom is -0.508 e. The van der Waals surface area contributed by atoms with Crippen LogP contribution in [0.2, 0.25) is 0 Å². The van der Waals surface area contributed by atoms with E-state index in [0.29, 0.717) is 17.9 Å². The molecule has 1 aromatic heterocycles. The Balaban J connectivity index is 1.60. The van der Waals surface area contributed by atoms with Gasteiger partial charge in [-0.1, -0.05) is 5.10 Å². The molecule has 6 heteroatoms. The molecule has 5 rings (SSSR count). The smallest absolute Gasteiger partial charge is 0.318 e. The second-order valence-electron chi connectivity index (χ2n) is 5.70. The number of rotatable bonds is 2. The number of hydrogen-bond acceptors (Lipinski definition) is 6. The number of piperidine rings is 1. The van der Waals surface area contributed by atoms with Crippen LogP contribution in [0.4, 0.5) is 6.01 Å². The van der Waals surface area contributed by atoms with Crippen molar-refractivity contribution in [3.05, 3.63) is 24.3 Å². The van der Waals surface area contributed by atoms with Crippen LogP contribution in [-0.4, -0.2) is 52.4 Å². The Morgan fingerprint density at radius 1 is 1.00 bits per heavy atom. The molecule has 0 amide bonds. The summed E-state index contributed by atoms with van der Waals surface area (Å²) in [7, 11) is 0. The molecule has 0 radical (unpaired) electrons. The maximum absolute atomic E-state index is 9.34. The number of phenolic OH excluding ortho intramolecular Hbond substituents is 1. The fraction of sp³-hybridized carbons (Fsp3) is 0.467. The van der Waals surface area contributed by atoms with Crippen molar-refractivity contribution >= 4 is 6.01 Å². The van der Waals surface area contributed by atoms with E-state index in [-0.39, 0.29) is 5.75 Å². The number of aromatic hydroxyl groups is 1. The van der Waals surface area contributed by atoms with Gasteiger partial charge in [-0.3, -0.25) is 0 Å². The molecule has 0 aliphatic carbocycles. The minimum absolute atomic E-state index is 0.233. The molecule has 3 fully saturated rings. The monoisotopic (exact) mass is 286 g/mol. The van der Waals surface area contributed by atoms with Gasteiger partial charge >= 0.3 is 6.01 Å². The van der Waals surface area contributed by atoms with Crippen LogP contribution in [-0.2, 0) is 0 Å². The van der Waals surface area contributed by atoms with Gasteiger partial charge in [-0.2, -0.15) is 0 Å². The van der Waals surface area contributed by atoms with Crippen LogP contribution >= 0.6 is 0 Å². The van der Waals surface area contributed by atoms with E-state index >= 15 is 0 Å². The second kappa shape index (κ2) is 5.04. The van der Waals surface area contributed by atoms with Crippen molar-refractivity contribution in [1.29, 1.82) is 0 Å². The molecule has 0 atom stereocenters. The van der Waals surface area contributed by atoms with E-state index in [1.165, 1.54) is 13.1 Å². The number of fused-ring (bicyclic) bond motifs is 4. The van der Waals surface area contributed by atoms with Gasteiger partial charge in [-0.15, -0.1) is 5.10 Å². The third-order valence-corrected chi connectivity index (χ3v) is 4.43. The van der Waals surface area contributed by atoms with E-state index in [0.717, 1.165) is 31.5 Å². The standard InChI is InChI=1S/C15H18N4O2/c20-13-3-1-11(2-4-13)14-16-17-15(21-14)19-10-9-18-7-5-12(19)6-8-18/h1-4,12,20H,5-10H2. The first-order chi connectivity index (χ1) is 10.3. The molecule has 0 saturated carbocycles. The largest absolute Gasteiger partial charge is 0.508 e. The zero-order chi connectivity index (χ0) is 14.2. The van der Waals surface area contributed by atoms with Gasteiger partial charge in [0.1, 0.15) is 5.75 Å². The van der Waals surface area contributed by atoms with Crippen LogP contribution in [0.25, 0.3) is 11.5 Å². The maximum atomic E-state index is 9.34. The minimum atomic E-state index is 0.233. The van der Waals surface area contributed by atoms with Crippen LogP contribution in [0.1, 0.15) is 12.8 Å². The molecule has 3 aliphatic rings.